The number of fused-ring (bicyclic) bond motifs is 3. The first-order chi connectivity index (χ1) is 59.1. The van der Waals surface area contributed by atoms with E-state index in [9.17, 15) is 47.5 Å². The summed E-state index contributed by atoms with van der Waals surface area (Å²) >= 11 is 12.4. The van der Waals surface area contributed by atoms with Crippen molar-refractivity contribution in [3.63, 3.8) is 0 Å². The van der Waals surface area contributed by atoms with Gasteiger partial charge in [0.2, 0.25) is 53.2 Å². The monoisotopic (exact) mass is 1730 g/mol. The Morgan fingerprint density at radius 2 is 0.626 bits per heavy atom. The highest BCUT2D eigenvalue weighted by atomic mass is 35.5. The van der Waals surface area contributed by atoms with E-state index in [0.717, 1.165) is 96.4 Å². The normalized spacial score (nSPS) is 25.1. The van der Waals surface area contributed by atoms with Crippen molar-refractivity contribution in [1.29, 1.82) is 0 Å². The van der Waals surface area contributed by atoms with Crippen LogP contribution in [0.5, 0.6) is 17.2 Å². The highest BCUT2D eigenvalue weighted by Gasteiger charge is 2.39. The summed E-state index contributed by atoms with van der Waals surface area (Å²) in [5.74, 6) is 0.556. The fraction of sp³-hybridized carbons (Fsp3) is 0.531. The molecule has 6 aromatic carbocycles. The smallest absolute Gasteiger partial charge is 0.243 e. The van der Waals surface area contributed by atoms with Crippen LogP contribution in [0.1, 0.15) is 153 Å². The molecule has 12 rings (SSSR count). The number of rotatable bonds is 15. The van der Waals surface area contributed by atoms with Crippen LogP contribution in [0.3, 0.4) is 0 Å². The summed E-state index contributed by atoms with van der Waals surface area (Å²) in [4.78, 5) is 121. The topological polar surface area (TPSA) is 326 Å². The number of nitrogens with one attached hydrogen (secondary N) is 12. The standard InChI is InChI=1S/2C32H43ClN4O4.C32H43FN4O4/c3*1-20(2)29-32(40)36-27(17-22-11-12-22)30(38)35-19-21(3)15-24-8-4-5-10-28(24)41-14-13-34-26(31(39)37-29)18-23-7-6-9-25(33)16-23/h3*4-10,16,20-22,26-27,29,34H,11-15,17-19H2,1-3H3,(H,35,38)(H,36,40)(H,37,39)/t21-,26+,27-,29+;2*21-,26-,27+,29-/m011/s1. The molecule has 0 aromatic heterocycles. The third-order valence-corrected chi connectivity index (χ3v) is 23.6. The van der Waals surface area contributed by atoms with Gasteiger partial charge in [0, 0.05) is 49.3 Å². The number of carbonyl (C=O) groups is 9. The van der Waals surface area contributed by atoms with E-state index in [1.54, 1.807) is 24.3 Å². The molecule has 27 heteroatoms. The Kier molecular flexibility index (Phi) is 37.3. The predicted molar refractivity (Wildman–Crippen MR) is 477 cm³/mol. The molecule has 9 amide bonds. The molecule has 666 valence electrons. The number of hydrogen-bond donors (Lipinski definition) is 12. The van der Waals surface area contributed by atoms with Crippen LogP contribution in [-0.2, 0) is 81.7 Å². The summed E-state index contributed by atoms with van der Waals surface area (Å²) in [6.07, 6.45) is 11.3. The molecule has 0 unspecified atom stereocenters. The zero-order valence-corrected chi connectivity index (χ0v) is 74.3. The Bertz CT molecular complexity index is 4050. The molecule has 12 atom stereocenters. The van der Waals surface area contributed by atoms with Crippen molar-refractivity contribution in [3.8, 4) is 17.2 Å². The van der Waals surface area contributed by atoms with Crippen molar-refractivity contribution < 1.29 is 61.8 Å². The van der Waals surface area contributed by atoms with Gasteiger partial charge in [-0.25, -0.2) is 4.39 Å². The lowest BCUT2D eigenvalue weighted by Gasteiger charge is -2.28. The number of amides is 9. The molecule has 0 radical (unpaired) electrons. The number of carbonyl (C=O) groups excluding carboxylic acids is 9. The minimum atomic E-state index is -0.838. The number of hydrogen-bond acceptors (Lipinski definition) is 15. The average molecular weight is 1730 g/mol. The Morgan fingerprint density at radius 1 is 0.341 bits per heavy atom. The van der Waals surface area contributed by atoms with E-state index in [4.69, 9.17) is 37.4 Å². The van der Waals surface area contributed by atoms with Crippen molar-refractivity contribution in [1.82, 2.24) is 63.8 Å². The quantitative estimate of drug-likeness (QED) is 0.0455. The van der Waals surface area contributed by atoms with Gasteiger partial charge in [-0.3, -0.25) is 43.2 Å². The van der Waals surface area contributed by atoms with E-state index in [-0.39, 0.29) is 101 Å². The second kappa shape index (κ2) is 48.0. The van der Waals surface area contributed by atoms with Crippen LogP contribution < -0.4 is 78.0 Å². The Morgan fingerprint density at radius 3 is 0.902 bits per heavy atom. The van der Waals surface area contributed by atoms with E-state index in [0.29, 0.717) is 131 Å². The first-order valence-electron chi connectivity index (χ1n) is 44.3. The van der Waals surface area contributed by atoms with Crippen molar-refractivity contribution in [3.05, 3.63) is 195 Å². The summed E-state index contributed by atoms with van der Waals surface area (Å²) in [7, 11) is 0. The van der Waals surface area contributed by atoms with Gasteiger partial charge in [0.1, 0.15) is 79.1 Å². The molecule has 0 saturated heterocycles. The highest BCUT2D eigenvalue weighted by Crippen LogP contribution is 2.36. The molecule has 0 spiro atoms. The number of ether oxygens (including phenoxy) is 3. The van der Waals surface area contributed by atoms with E-state index < -0.39 is 54.4 Å². The largest absolute Gasteiger partial charge is 0.492 e. The second-order valence-corrected chi connectivity index (χ2v) is 36.3. The maximum absolute atomic E-state index is 13.9. The van der Waals surface area contributed by atoms with Crippen LogP contribution in [0.4, 0.5) is 4.39 Å². The molecule has 24 nitrogen and oxygen atoms in total. The van der Waals surface area contributed by atoms with Gasteiger partial charge >= 0.3 is 0 Å². The van der Waals surface area contributed by atoms with E-state index in [2.05, 4.69) is 84.6 Å². The molecule has 12 N–H and O–H groups in total. The van der Waals surface area contributed by atoms with Gasteiger partial charge in [-0.1, -0.05) is 215 Å². The van der Waals surface area contributed by atoms with E-state index >= 15 is 0 Å². The van der Waals surface area contributed by atoms with Crippen LogP contribution in [0.25, 0.3) is 0 Å². The van der Waals surface area contributed by atoms with Crippen LogP contribution >= 0.6 is 23.2 Å². The highest BCUT2D eigenvalue weighted by molar-refractivity contribution is 6.31. The average Bonchev–Trinajstić information content (AvgIpc) is 1.84. The minimum absolute atomic E-state index is 0.149. The summed E-state index contributed by atoms with van der Waals surface area (Å²) in [6.45, 7) is 21.2. The van der Waals surface area contributed by atoms with Crippen LogP contribution in [-0.4, -0.2) is 167 Å². The lowest BCUT2D eigenvalue weighted by Crippen LogP contribution is -2.58. The van der Waals surface area contributed by atoms with Crippen LogP contribution in [0, 0.1) is 59.1 Å². The third-order valence-electron chi connectivity index (χ3n) is 23.1. The zero-order valence-electron chi connectivity index (χ0n) is 72.8. The minimum Gasteiger partial charge on any atom is -0.492 e. The van der Waals surface area contributed by atoms with Gasteiger partial charge in [0.25, 0.3) is 0 Å². The van der Waals surface area contributed by atoms with Crippen LogP contribution in [0.2, 0.25) is 10.0 Å². The Hall–Kier alpha value is -9.66. The lowest BCUT2D eigenvalue weighted by molar-refractivity contribution is -0.133. The van der Waals surface area contributed by atoms with E-state index in [1.165, 1.54) is 12.1 Å². The fourth-order valence-electron chi connectivity index (χ4n) is 15.5. The molecule has 6 aromatic rings. The van der Waals surface area contributed by atoms with Crippen LogP contribution in [0.15, 0.2) is 146 Å². The van der Waals surface area contributed by atoms with Gasteiger partial charge in [0.15, 0.2) is 0 Å². The molecule has 123 heavy (non-hydrogen) atoms. The molecule has 3 aliphatic carbocycles. The molecule has 6 aliphatic rings. The first kappa shape index (κ1) is 95.6. The molecular formula is C96H129Cl2FN12O12. The lowest BCUT2D eigenvalue weighted by atomic mass is 9.99. The zero-order chi connectivity index (χ0) is 88.1. The van der Waals surface area contributed by atoms with Gasteiger partial charge < -0.3 is 78.0 Å². The second-order valence-electron chi connectivity index (χ2n) is 35.5. The molecular weight excluding hydrogens is 1600 g/mol. The summed E-state index contributed by atoms with van der Waals surface area (Å²) in [5.41, 5.74) is 5.62. The first-order valence-corrected chi connectivity index (χ1v) is 45.0. The summed E-state index contributed by atoms with van der Waals surface area (Å²) in [6, 6.07) is 38.3. The third kappa shape index (κ3) is 32.1. The maximum atomic E-state index is 13.9. The molecule has 3 saturated carbocycles. The fourth-order valence-corrected chi connectivity index (χ4v) is 16.0. The predicted octanol–water partition coefficient (Wildman–Crippen LogP) is 10.4. The maximum Gasteiger partial charge on any atom is 0.243 e. The van der Waals surface area contributed by atoms with Gasteiger partial charge in [-0.2, -0.15) is 0 Å². The Balaban J connectivity index is 0.000000193. The Labute approximate surface area is 735 Å². The summed E-state index contributed by atoms with van der Waals surface area (Å²) < 4.78 is 32.3. The number of benzene rings is 6. The van der Waals surface area contributed by atoms with Crippen molar-refractivity contribution in [2.75, 3.05) is 59.1 Å². The van der Waals surface area contributed by atoms with Crippen molar-refractivity contribution in [2.24, 2.45) is 53.3 Å². The number of halogens is 3. The SMILES string of the molecule is CC(C)[C@H]1NC(=O)[C@@H](Cc2cccc(Cl)c2)NCCOc2ccccc2C[C@@H](C)CNC(=O)[C@H](CC2CC2)NC1=O.CC(C)[C@H]1NC(=O)[C@@H](Cc2cccc(Cl)c2)NCCOc2ccccc2C[C@H](C)CNC(=O)[C@H](CC2CC2)NC1=O.CC(C)[C@H]1NC(=O)[C@@H](Cc2cccc(F)c2)NCCOc2ccccc2C[C@@H](C)CNC(=O)[C@H](CC2CC2)NC1=O. The molecule has 0 bridgehead atoms. The van der Waals surface area contributed by atoms with Gasteiger partial charge in [0.05, 0.1) is 18.1 Å². The summed E-state index contributed by atoms with van der Waals surface area (Å²) in [5, 5.41) is 38.0. The van der Waals surface area contributed by atoms with E-state index in [1.807, 2.05) is 151 Å². The van der Waals surface area contributed by atoms with Gasteiger partial charge in [-0.15, -0.1) is 0 Å². The van der Waals surface area contributed by atoms with Gasteiger partial charge in [-0.05, 0) is 199 Å². The van der Waals surface area contributed by atoms with Crippen molar-refractivity contribution in [2.45, 2.75) is 213 Å². The number of para-hydroxylation sites is 3. The van der Waals surface area contributed by atoms with Crippen molar-refractivity contribution >= 4 is 76.4 Å². The molecule has 3 aliphatic heterocycles. The molecule has 3 fully saturated rings. The molecule has 3 heterocycles.